The number of rotatable bonds is 6. The molecule has 2 amide bonds. The summed E-state index contributed by atoms with van der Waals surface area (Å²) in [6, 6.07) is 26.1. The van der Waals surface area contributed by atoms with Gasteiger partial charge < -0.3 is 24.6 Å². The molecule has 3 aromatic carbocycles. The van der Waals surface area contributed by atoms with E-state index in [1.165, 1.54) is 0 Å². The van der Waals surface area contributed by atoms with Crippen LogP contribution in [-0.2, 0) is 17.8 Å². The van der Waals surface area contributed by atoms with Crippen LogP contribution in [0.2, 0.25) is 0 Å². The van der Waals surface area contributed by atoms with Crippen LogP contribution in [0.25, 0.3) is 10.9 Å². The molecule has 0 fully saturated rings. The average Bonchev–Trinajstić information content (AvgIpc) is 3.39. The maximum Gasteiger partial charge on any atom is 0.270 e. The van der Waals surface area contributed by atoms with Gasteiger partial charge in [0, 0.05) is 69.1 Å². The standard InChI is InChI=1S/C35H43N5O2/c1-26(2)24-38-17-10-18-40(34(41)21-27-11-6-5-7-12-27)33-14-9-8-13-29(33)25-39(20-19-38)35(42)32-22-28-15-16-30(37(3)4)23-31(28)36-32/h5-9,11-16,22-23,26,36H,10,17-21,24-25H2,1-4H3. The molecule has 220 valence electrons. The molecule has 2 heterocycles. The van der Waals surface area contributed by atoms with Gasteiger partial charge in [0.05, 0.1) is 6.42 Å². The molecule has 0 radical (unpaired) electrons. The van der Waals surface area contributed by atoms with Gasteiger partial charge in [-0.3, -0.25) is 9.59 Å². The topological polar surface area (TPSA) is 62.9 Å². The molecule has 0 aliphatic carbocycles. The number of H-pyrrole nitrogens is 1. The minimum absolute atomic E-state index is 0.0293. The first kappa shape index (κ1) is 29.4. The first-order valence-corrected chi connectivity index (χ1v) is 15.0. The van der Waals surface area contributed by atoms with Crippen molar-refractivity contribution in [2.75, 3.05) is 56.6 Å². The normalized spacial score (nSPS) is 15.0. The molecule has 5 rings (SSSR count). The van der Waals surface area contributed by atoms with Crippen LogP contribution in [0.1, 0.15) is 41.9 Å². The van der Waals surface area contributed by atoms with E-state index in [9.17, 15) is 9.59 Å². The van der Waals surface area contributed by atoms with Crippen molar-refractivity contribution in [3.63, 3.8) is 0 Å². The number of fused-ring (bicyclic) bond motifs is 2. The third-order valence-electron chi connectivity index (χ3n) is 7.95. The smallest absolute Gasteiger partial charge is 0.270 e. The lowest BCUT2D eigenvalue weighted by atomic mass is 10.1. The molecule has 4 aromatic rings. The highest BCUT2D eigenvalue weighted by Gasteiger charge is 2.25. The molecule has 0 saturated heterocycles. The number of aromatic amines is 1. The molecule has 0 unspecified atom stereocenters. The van der Waals surface area contributed by atoms with Crippen LogP contribution in [-0.4, -0.2) is 73.4 Å². The second-order valence-electron chi connectivity index (χ2n) is 12.0. The molecular weight excluding hydrogens is 522 g/mol. The number of benzene rings is 3. The summed E-state index contributed by atoms with van der Waals surface area (Å²) in [6.07, 6.45) is 1.21. The molecule has 0 atom stereocenters. The summed E-state index contributed by atoms with van der Waals surface area (Å²) in [5.74, 6) is 0.554. The highest BCUT2D eigenvalue weighted by molar-refractivity contribution is 5.99. The lowest BCUT2D eigenvalue weighted by Crippen LogP contribution is -2.40. The summed E-state index contributed by atoms with van der Waals surface area (Å²) in [6.45, 7) is 8.74. The Morgan fingerprint density at radius 1 is 0.881 bits per heavy atom. The highest BCUT2D eigenvalue weighted by Crippen LogP contribution is 2.27. The zero-order valence-corrected chi connectivity index (χ0v) is 25.3. The van der Waals surface area contributed by atoms with E-state index in [2.05, 4.69) is 52.9 Å². The molecule has 42 heavy (non-hydrogen) atoms. The van der Waals surface area contributed by atoms with Gasteiger partial charge in [-0.05, 0) is 54.3 Å². The van der Waals surface area contributed by atoms with Gasteiger partial charge in [0.25, 0.3) is 5.91 Å². The van der Waals surface area contributed by atoms with E-state index < -0.39 is 0 Å². The summed E-state index contributed by atoms with van der Waals surface area (Å²) in [7, 11) is 4.03. The summed E-state index contributed by atoms with van der Waals surface area (Å²) in [5, 5.41) is 1.02. The number of para-hydroxylation sites is 1. The lowest BCUT2D eigenvalue weighted by Gasteiger charge is -2.28. The molecular formula is C35H43N5O2. The Kier molecular flexibility index (Phi) is 9.28. The van der Waals surface area contributed by atoms with Gasteiger partial charge in [-0.25, -0.2) is 0 Å². The second kappa shape index (κ2) is 13.3. The fourth-order valence-electron chi connectivity index (χ4n) is 5.82. The van der Waals surface area contributed by atoms with Gasteiger partial charge in [-0.15, -0.1) is 0 Å². The predicted molar refractivity (Wildman–Crippen MR) is 172 cm³/mol. The van der Waals surface area contributed by atoms with E-state index >= 15 is 0 Å². The van der Waals surface area contributed by atoms with E-state index in [1.54, 1.807) is 0 Å². The number of carbonyl (C=O) groups excluding carboxylic acids is 2. The Labute approximate surface area is 249 Å². The minimum atomic E-state index is -0.0293. The van der Waals surface area contributed by atoms with Crippen molar-refractivity contribution < 1.29 is 9.59 Å². The average molecular weight is 566 g/mol. The van der Waals surface area contributed by atoms with Gasteiger partial charge in [0.15, 0.2) is 0 Å². The third kappa shape index (κ3) is 7.02. The lowest BCUT2D eigenvalue weighted by molar-refractivity contribution is -0.118. The van der Waals surface area contributed by atoms with Crippen LogP contribution in [0, 0.1) is 5.92 Å². The summed E-state index contributed by atoms with van der Waals surface area (Å²) in [4.78, 5) is 39.7. The highest BCUT2D eigenvalue weighted by atomic mass is 16.2. The van der Waals surface area contributed by atoms with Crippen LogP contribution in [0.4, 0.5) is 11.4 Å². The maximum absolute atomic E-state index is 14.1. The van der Waals surface area contributed by atoms with Crippen molar-refractivity contribution in [3.05, 3.63) is 95.7 Å². The number of nitrogens with zero attached hydrogens (tertiary/aromatic N) is 4. The van der Waals surface area contributed by atoms with Gasteiger partial charge in [0.2, 0.25) is 5.91 Å². The molecule has 1 aliphatic heterocycles. The van der Waals surface area contributed by atoms with E-state index in [4.69, 9.17) is 0 Å². The number of amides is 2. The maximum atomic E-state index is 14.1. The zero-order valence-electron chi connectivity index (χ0n) is 25.3. The van der Waals surface area contributed by atoms with Crippen LogP contribution in [0.15, 0.2) is 78.9 Å². The van der Waals surface area contributed by atoms with Crippen LogP contribution >= 0.6 is 0 Å². The minimum Gasteiger partial charge on any atom is -0.378 e. The number of hydrogen-bond acceptors (Lipinski definition) is 4. The number of aromatic nitrogens is 1. The molecule has 1 N–H and O–H groups in total. The molecule has 1 aromatic heterocycles. The molecule has 1 aliphatic rings. The molecule has 0 saturated carbocycles. The van der Waals surface area contributed by atoms with Crippen LogP contribution in [0.3, 0.4) is 0 Å². The Hall–Kier alpha value is -4.10. The van der Waals surface area contributed by atoms with Crippen molar-refractivity contribution in [2.24, 2.45) is 5.92 Å². The van der Waals surface area contributed by atoms with E-state index in [0.29, 0.717) is 37.7 Å². The Balaban J connectivity index is 1.48. The van der Waals surface area contributed by atoms with E-state index in [-0.39, 0.29) is 11.8 Å². The fraction of sp³-hybridized carbons (Fsp3) is 0.371. The van der Waals surface area contributed by atoms with Crippen LogP contribution in [0.5, 0.6) is 0 Å². The molecule has 7 nitrogen and oxygen atoms in total. The largest absolute Gasteiger partial charge is 0.378 e. The van der Waals surface area contributed by atoms with E-state index in [1.807, 2.05) is 78.5 Å². The Morgan fingerprint density at radius 3 is 2.40 bits per heavy atom. The molecule has 0 bridgehead atoms. The van der Waals surface area contributed by atoms with Crippen molar-refractivity contribution >= 4 is 34.1 Å². The van der Waals surface area contributed by atoms with Gasteiger partial charge in [-0.1, -0.05) is 68.4 Å². The molecule has 0 spiro atoms. The Bertz CT molecular complexity index is 1510. The van der Waals surface area contributed by atoms with Crippen molar-refractivity contribution in [1.82, 2.24) is 14.8 Å². The first-order valence-electron chi connectivity index (χ1n) is 15.0. The predicted octanol–water partition coefficient (Wildman–Crippen LogP) is 5.81. The number of anilines is 2. The third-order valence-corrected chi connectivity index (χ3v) is 7.95. The monoisotopic (exact) mass is 565 g/mol. The SMILES string of the molecule is CC(C)CN1CCCN(C(=O)Cc2ccccc2)c2ccccc2CN(C(=O)c2cc3ccc(N(C)C)cc3[nH]2)CC1. The summed E-state index contributed by atoms with van der Waals surface area (Å²) >= 11 is 0. The van der Waals surface area contributed by atoms with Gasteiger partial charge in [-0.2, -0.15) is 0 Å². The number of nitrogens with one attached hydrogen (secondary N) is 1. The quantitative estimate of drug-likeness (QED) is 0.320. The van der Waals surface area contributed by atoms with Crippen molar-refractivity contribution in [2.45, 2.75) is 33.2 Å². The number of hydrogen-bond donors (Lipinski definition) is 1. The van der Waals surface area contributed by atoms with Gasteiger partial charge >= 0.3 is 0 Å². The molecule has 7 heteroatoms. The summed E-state index contributed by atoms with van der Waals surface area (Å²) in [5.41, 5.74) is 5.49. The first-order chi connectivity index (χ1) is 20.3. The van der Waals surface area contributed by atoms with Crippen molar-refractivity contribution in [1.29, 1.82) is 0 Å². The number of carbonyl (C=O) groups is 2. The summed E-state index contributed by atoms with van der Waals surface area (Å²) < 4.78 is 0. The van der Waals surface area contributed by atoms with Crippen LogP contribution < -0.4 is 9.80 Å². The fourth-order valence-corrected chi connectivity index (χ4v) is 5.82. The van der Waals surface area contributed by atoms with E-state index in [0.717, 1.165) is 59.5 Å². The van der Waals surface area contributed by atoms with Gasteiger partial charge in [0.1, 0.15) is 5.69 Å². The zero-order chi connectivity index (χ0) is 29.6. The van der Waals surface area contributed by atoms with Crippen molar-refractivity contribution in [3.8, 4) is 0 Å². The second-order valence-corrected chi connectivity index (χ2v) is 12.0. The Morgan fingerprint density at radius 2 is 1.64 bits per heavy atom.